The second-order valence-electron chi connectivity index (χ2n) is 6.73. The van der Waals surface area contributed by atoms with Gasteiger partial charge in [-0.1, -0.05) is 13.8 Å². The van der Waals surface area contributed by atoms with E-state index in [0.29, 0.717) is 37.9 Å². The van der Waals surface area contributed by atoms with Crippen molar-refractivity contribution in [1.82, 2.24) is 14.9 Å². The van der Waals surface area contributed by atoms with Crippen LogP contribution in [-0.4, -0.2) is 69.4 Å². The summed E-state index contributed by atoms with van der Waals surface area (Å²) in [4.78, 5) is 4.62. The van der Waals surface area contributed by atoms with Crippen molar-refractivity contribution in [3.8, 4) is 0 Å². The number of aliphatic hydroxyl groups is 1. The molecule has 0 saturated heterocycles. The summed E-state index contributed by atoms with van der Waals surface area (Å²) in [6.45, 7) is 10.8. The molecule has 1 unspecified atom stereocenters. The summed E-state index contributed by atoms with van der Waals surface area (Å²) < 4.78 is 24.8. The number of guanidine groups is 1. The van der Waals surface area contributed by atoms with E-state index in [1.807, 2.05) is 6.92 Å². The van der Waals surface area contributed by atoms with Crippen molar-refractivity contribution in [3.63, 3.8) is 0 Å². The molecule has 0 aliphatic rings. The van der Waals surface area contributed by atoms with Crippen molar-refractivity contribution in [2.75, 3.05) is 45.6 Å². The average molecular weight is 506 g/mol. The smallest absolute Gasteiger partial charge is 0.213 e. The molecule has 0 aromatic heterocycles. The number of hydrogen-bond donors (Lipinski definition) is 3. The maximum Gasteiger partial charge on any atom is 0.213 e. The zero-order valence-electron chi connectivity index (χ0n) is 17.0. The lowest BCUT2D eigenvalue weighted by Crippen LogP contribution is -2.39. The third kappa shape index (κ3) is 13.1. The van der Waals surface area contributed by atoms with Crippen molar-refractivity contribution in [3.05, 3.63) is 0 Å². The van der Waals surface area contributed by atoms with E-state index in [2.05, 4.69) is 29.5 Å². The number of halogens is 1. The van der Waals surface area contributed by atoms with Crippen LogP contribution in [0.5, 0.6) is 0 Å². The van der Waals surface area contributed by atoms with E-state index in [1.54, 1.807) is 14.0 Å². The van der Waals surface area contributed by atoms with Crippen molar-refractivity contribution in [1.29, 1.82) is 0 Å². The topological polar surface area (TPSA) is 94.0 Å². The Labute approximate surface area is 177 Å². The first-order valence-electron chi connectivity index (χ1n) is 9.33. The molecule has 0 amide bonds. The second kappa shape index (κ2) is 15.9. The van der Waals surface area contributed by atoms with Crippen LogP contribution in [0.3, 0.4) is 0 Å². The lowest BCUT2D eigenvalue weighted by atomic mass is 9.94. The highest BCUT2D eigenvalue weighted by Crippen LogP contribution is 2.15. The van der Waals surface area contributed by atoms with Gasteiger partial charge in [0, 0.05) is 39.8 Å². The fourth-order valence-electron chi connectivity index (χ4n) is 2.56. The summed E-state index contributed by atoms with van der Waals surface area (Å²) in [6.07, 6.45) is 2.52. The van der Waals surface area contributed by atoms with Gasteiger partial charge in [-0.3, -0.25) is 4.99 Å². The molecule has 0 bridgehead atoms. The number of nitrogens with one attached hydrogen (secondary N) is 2. The van der Waals surface area contributed by atoms with Crippen molar-refractivity contribution in [2.45, 2.75) is 47.0 Å². The summed E-state index contributed by atoms with van der Waals surface area (Å²) in [5, 5.41) is 15.7. The first-order valence-corrected chi connectivity index (χ1v) is 10.9. The largest absolute Gasteiger partial charge is 0.396 e. The Balaban J connectivity index is 0. The van der Waals surface area contributed by atoms with Gasteiger partial charge < -0.3 is 15.7 Å². The molecule has 158 valence electrons. The van der Waals surface area contributed by atoms with Crippen LogP contribution in [0.4, 0.5) is 0 Å². The van der Waals surface area contributed by atoms with Crippen LogP contribution in [0, 0.1) is 11.8 Å². The molecule has 0 aliphatic carbocycles. The fourth-order valence-corrected chi connectivity index (χ4v) is 3.41. The van der Waals surface area contributed by atoms with Crippen LogP contribution in [0.15, 0.2) is 4.99 Å². The minimum absolute atomic E-state index is 0. The van der Waals surface area contributed by atoms with E-state index in [1.165, 1.54) is 4.31 Å². The predicted octanol–water partition coefficient (Wildman–Crippen LogP) is 1.88. The number of aliphatic hydroxyl groups excluding tert-OH is 1. The molecule has 0 aromatic rings. The molecule has 0 aromatic carbocycles. The molecule has 7 nitrogen and oxygen atoms in total. The number of hydrogen-bond acceptors (Lipinski definition) is 4. The molecule has 0 saturated carbocycles. The second-order valence-corrected chi connectivity index (χ2v) is 9.09. The molecule has 0 fully saturated rings. The predicted molar refractivity (Wildman–Crippen MR) is 121 cm³/mol. The molecule has 3 N–H and O–H groups in total. The highest BCUT2D eigenvalue weighted by atomic mass is 127. The number of aliphatic imine (C=N–C) groups is 1. The molecule has 0 spiro atoms. The van der Waals surface area contributed by atoms with Crippen LogP contribution in [0.2, 0.25) is 0 Å². The first-order chi connectivity index (χ1) is 11.8. The lowest BCUT2D eigenvalue weighted by molar-refractivity contribution is 0.245. The van der Waals surface area contributed by atoms with Gasteiger partial charge in [0.25, 0.3) is 0 Å². The summed E-state index contributed by atoms with van der Waals surface area (Å²) in [5.41, 5.74) is 0. The molecular weight excluding hydrogens is 467 g/mol. The van der Waals surface area contributed by atoms with Gasteiger partial charge >= 0.3 is 0 Å². The van der Waals surface area contributed by atoms with Gasteiger partial charge in [0.15, 0.2) is 5.96 Å². The molecule has 9 heteroatoms. The molecule has 0 aliphatic heterocycles. The number of sulfonamides is 1. The summed E-state index contributed by atoms with van der Waals surface area (Å²) in [5.74, 6) is 1.83. The summed E-state index contributed by atoms with van der Waals surface area (Å²) >= 11 is 0. The zero-order chi connectivity index (χ0) is 19.3. The van der Waals surface area contributed by atoms with Gasteiger partial charge in [-0.05, 0) is 44.9 Å². The zero-order valence-corrected chi connectivity index (χ0v) is 20.1. The summed E-state index contributed by atoms with van der Waals surface area (Å²) in [7, 11) is -1.50. The Morgan fingerprint density at radius 3 is 2.38 bits per heavy atom. The lowest BCUT2D eigenvalue weighted by Gasteiger charge is -2.18. The molecule has 0 rings (SSSR count). The van der Waals surface area contributed by atoms with E-state index < -0.39 is 10.0 Å². The average Bonchev–Trinajstić information content (AvgIpc) is 2.55. The first kappa shape index (κ1) is 28.1. The highest BCUT2D eigenvalue weighted by Gasteiger charge is 2.14. The van der Waals surface area contributed by atoms with Gasteiger partial charge in [0.1, 0.15) is 0 Å². The van der Waals surface area contributed by atoms with Crippen LogP contribution >= 0.6 is 24.0 Å². The number of nitrogens with zero attached hydrogens (tertiary/aromatic N) is 2. The van der Waals surface area contributed by atoms with E-state index in [-0.39, 0.29) is 36.3 Å². The van der Waals surface area contributed by atoms with Crippen molar-refractivity contribution < 1.29 is 13.5 Å². The monoisotopic (exact) mass is 506 g/mol. The number of rotatable bonds is 13. The molecule has 0 radical (unpaired) electrons. The normalized spacial score (nSPS) is 13.6. The van der Waals surface area contributed by atoms with Crippen molar-refractivity contribution in [2.24, 2.45) is 16.8 Å². The van der Waals surface area contributed by atoms with Gasteiger partial charge in [-0.25, -0.2) is 12.7 Å². The minimum Gasteiger partial charge on any atom is -0.396 e. The molecule has 26 heavy (non-hydrogen) atoms. The third-order valence-corrected chi connectivity index (χ3v) is 5.84. The highest BCUT2D eigenvalue weighted by molar-refractivity contribution is 14.0. The Kier molecular flexibility index (Phi) is 17.2. The third-order valence-electron chi connectivity index (χ3n) is 3.98. The van der Waals surface area contributed by atoms with Crippen molar-refractivity contribution >= 4 is 40.0 Å². The van der Waals surface area contributed by atoms with Crippen LogP contribution in [-0.2, 0) is 10.0 Å². The van der Waals surface area contributed by atoms with E-state index in [9.17, 15) is 13.5 Å². The Morgan fingerprint density at radius 2 is 1.88 bits per heavy atom. The minimum atomic E-state index is -3.11. The van der Waals surface area contributed by atoms with Gasteiger partial charge in [0.2, 0.25) is 10.0 Å². The van der Waals surface area contributed by atoms with Gasteiger partial charge in [0.05, 0.1) is 5.75 Å². The summed E-state index contributed by atoms with van der Waals surface area (Å²) in [6, 6.07) is 0. The quantitative estimate of drug-likeness (QED) is 0.154. The van der Waals surface area contributed by atoms with Gasteiger partial charge in [-0.15, -0.1) is 24.0 Å². The van der Waals surface area contributed by atoms with E-state index in [0.717, 1.165) is 25.3 Å². The maximum atomic E-state index is 11.7. The van der Waals surface area contributed by atoms with E-state index in [4.69, 9.17) is 0 Å². The Bertz CT molecular complexity index is 473. The standard InChI is InChI=1S/C17H38N4O3S.HI/c1-6-18-17(20-14-16(9-12-22)13-15(3)4)19-10-8-11-21(5)25(23,24)7-2;/h15-16,22H,6-14H2,1-5H3,(H2,18,19,20);1H. The maximum absolute atomic E-state index is 11.7. The van der Waals surface area contributed by atoms with Crippen LogP contribution in [0.25, 0.3) is 0 Å². The van der Waals surface area contributed by atoms with Crippen LogP contribution < -0.4 is 10.6 Å². The Hall–Kier alpha value is -0.130. The fraction of sp³-hybridized carbons (Fsp3) is 0.941. The molecule has 1 atom stereocenters. The van der Waals surface area contributed by atoms with Gasteiger partial charge in [-0.2, -0.15) is 0 Å². The van der Waals surface area contributed by atoms with E-state index >= 15 is 0 Å². The SMILES string of the molecule is CCNC(=NCC(CCO)CC(C)C)NCCCN(C)S(=O)(=O)CC.I. The molecule has 0 heterocycles. The Morgan fingerprint density at radius 1 is 1.23 bits per heavy atom. The molecular formula is C17H39IN4O3S. The van der Waals surface area contributed by atoms with Crippen LogP contribution in [0.1, 0.15) is 47.0 Å².